The Hall–Kier alpha value is -3.68. The Morgan fingerprint density at radius 3 is 2.46 bits per heavy atom. The fourth-order valence-electron chi connectivity index (χ4n) is 5.16. The van der Waals surface area contributed by atoms with E-state index in [0.717, 1.165) is 11.3 Å². The van der Waals surface area contributed by atoms with Gasteiger partial charge in [0.1, 0.15) is 5.82 Å². The number of halogens is 2. The molecule has 0 radical (unpaired) electrons. The van der Waals surface area contributed by atoms with Crippen molar-refractivity contribution in [2.75, 3.05) is 24.5 Å². The molecule has 4 aromatic rings. The summed E-state index contributed by atoms with van der Waals surface area (Å²) in [6.45, 7) is 11.2. The predicted molar refractivity (Wildman–Crippen MR) is 158 cm³/mol. The van der Waals surface area contributed by atoms with Crippen LogP contribution in [0.5, 0.6) is 0 Å². The quantitative estimate of drug-likeness (QED) is 0.275. The normalized spacial score (nSPS) is 15.7. The molecule has 3 heterocycles. The SMILES string of the molecule is C=CC(=O)N1CCN(c2nc(=O)n(-c3ccccc3C(C)C)c3nc(-c4ccccc4Cl)c(Cl)cc23)C(C)C1. The highest BCUT2D eigenvalue weighted by Crippen LogP contribution is 2.37. The Balaban J connectivity index is 1.78. The van der Waals surface area contributed by atoms with Crippen LogP contribution >= 0.6 is 23.2 Å². The summed E-state index contributed by atoms with van der Waals surface area (Å²) in [7, 11) is 0. The number of para-hydroxylation sites is 1. The van der Waals surface area contributed by atoms with Crippen LogP contribution < -0.4 is 10.6 Å². The zero-order chi connectivity index (χ0) is 27.8. The van der Waals surface area contributed by atoms with Gasteiger partial charge in [-0.25, -0.2) is 14.3 Å². The predicted octanol–water partition coefficient (Wildman–Crippen LogP) is 6.10. The second-order valence-corrected chi connectivity index (χ2v) is 10.8. The van der Waals surface area contributed by atoms with Gasteiger partial charge in [-0.05, 0) is 42.7 Å². The van der Waals surface area contributed by atoms with Crippen molar-refractivity contribution >= 4 is 46.0 Å². The number of nitrogens with zero attached hydrogens (tertiary/aromatic N) is 5. The number of aromatic nitrogens is 3. The fraction of sp³-hybridized carbons (Fsp3) is 0.267. The first-order valence-electron chi connectivity index (χ1n) is 12.9. The van der Waals surface area contributed by atoms with E-state index in [1.807, 2.05) is 60.4 Å². The van der Waals surface area contributed by atoms with Crippen LogP contribution in [0, 0.1) is 0 Å². The number of amides is 1. The van der Waals surface area contributed by atoms with Crippen LogP contribution in [0.1, 0.15) is 32.3 Å². The number of carbonyl (C=O) groups is 1. The Bertz CT molecular complexity index is 1650. The average Bonchev–Trinajstić information content (AvgIpc) is 2.92. The van der Waals surface area contributed by atoms with Crippen molar-refractivity contribution in [2.24, 2.45) is 0 Å². The lowest BCUT2D eigenvalue weighted by atomic mass is 10.0. The third-order valence-electron chi connectivity index (χ3n) is 7.12. The molecule has 7 nitrogen and oxygen atoms in total. The fourth-order valence-corrected chi connectivity index (χ4v) is 5.64. The first-order chi connectivity index (χ1) is 18.7. The average molecular weight is 563 g/mol. The van der Waals surface area contributed by atoms with Gasteiger partial charge in [0, 0.05) is 31.2 Å². The summed E-state index contributed by atoms with van der Waals surface area (Å²) in [6.07, 6.45) is 1.32. The van der Waals surface area contributed by atoms with Crippen LogP contribution in [-0.4, -0.2) is 51.0 Å². The number of carbonyl (C=O) groups excluding carboxylic acids is 1. The van der Waals surface area contributed by atoms with Crippen molar-refractivity contribution in [1.82, 2.24) is 19.4 Å². The van der Waals surface area contributed by atoms with Crippen molar-refractivity contribution < 1.29 is 4.79 Å². The van der Waals surface area contributed by atoms with Crippen molar-refractivity contribution in [2.45, 2.75) is 32.7 Å². The Morgan fingerprint density at radius 2 is 1.77 bits per heavy atom. The summed E-state index contributed by atoms with van der Waals surface area (Å²) >= 11 is 13.4. The van der Waals surface area contributed by atoms with Crippen molar-refractivity contribution in [1.29, 1.82) is 0 Å². The molecular weight excluding hydrogens is 533 g/mol. The number of fused-ring (bicyclic) bond motifs is 1. The lowest BCUT2D eigenvalue weighted by Gasteiger charge is -2.40. The second kappa shape index (κ2) is 10.8. The van der Waals surface area contributed by atoms with Gasteiger partial charge in [0.2, 0.25) is 5.91 Å². The third kappa shape index (κ3) is 4.92. The molecule has 200 valence electrons. The minimum absolute atomic E-state index is 0.0985. The maximum absolute atomic E-state index is 13.8. The van der Waals surface area contributed by atoms with Gasteiger partial charge in [-0.2, -0.15) is 4.98 Å². The van der Waals surface area contributed by atoms with Gasteiger partial charge in [-0.1, -0.05) is 80.0 Å². The van der Waals surface area contributed by atoms with Crippen LogP contribution in [0.25, 0.3) is 28.0 Å². The smallest absolute Gasteiger partial charge is 0.350 e. The molecule has 1 aliphatic heterocycles. The summed E-state index contributed by atoms with van der Waals surface area (Å²) in [5.74, 6) is 0.536. The van der Waals surface area contributed by atoms with Gasteiger partial charge < -0.3 is 9.80 Å². The molecule has 1 atom stereocenters. The third-order valence-corrected chi connectivity index (χ3v) is 7.73. The van der Waals surface area contributed by atoms with Crippen LogP contribution in [0.15, 0.2) is 72.0 Å². The molecule has 0 saturated carbocycles. The minimum atomic E-state index is -0.442. The maximum Gasteiger partial charge on any atom is 0.355 e. The molecule has 1 amide bonds. The first-order valence-corrected chi connectivity index (χ1v) is 13.6. The Kier molecular flexibility index (Phi) is 7.47. The van der Waals surface area contributed by atoms with Crippen LogP contribution in [0.3, 0.4) is 0 Å². The van der Waals surface area contributed by atoms with E-state index in [0.29, 0.717) is 57.8 Å². The van der Waals surface area contributed by atoms with Gasteiger partial charge in [-0.3, -0.25) is 4.79 Å². The lowest BCUT2D eigenvalue weighted by molar-refractivity contribution is -0.126. The standard InChI is InChI=1S/C30H29Cl2N5O2/c1-5-26(38)35-14-15-36(19(4)17-35)28-22-16-24(32)27(21-11-6-8-12-23(21)31)33-29(22)37(30(39)34-28)25-13-9-7-10-20(25)18(2)3/h5-13,16,18-19H,1,14-15,17H2,2-4H3. The number of anilines is 1. The summed E-state index contributed by atoms with van der Waals surface area (Å²) in [6, 6.07) is 16.8. The zero-order valence-corrected chi connectivity index (χ0v) is 23.6. The Morgan fingerprint density at radius 1 is 1.05 bits per heavy atom. The molecule has 0 bridgehead atoms. The van der Waals surface area contributed by atoms with Crippen molar-refractivity contribution in [3.8, 4) is 16.9 Å². The molecule has 1 saturated heterocycles. The molecule has 9 heteroatoms. The van der Waals surface area contributed by atoms with E-state index in [-0.39, 0.29) is 17.9 Å². The van der Waals surface area contributed by atoms with Crippen molar-refractivity contribution in [3.63, 3.8) is 0 Å². The molecule has 1 aliphatic rings. The molecule has 1 unspecified atom stereocenters. The highest BCUT2D eigenvalue weighted by atomic mass is 35.5. The number of hydrogen-bond donors (Lipinski definition) is 0. The number of hydrogen-bond acceptors (Lipinski definition) is 5. The molecular formula is C30H29Cl2N5O2. The molecule has 2 aromatic heterocycles. The summed E-state index contributed by atoms with van der Waals surface area (Å²) in [5, 5.41) is 1.55. The highest BCUT2D eigenvalue weighted by Gasteiger charge is 2.30. The van der Waals surface area contributed by atoms with E-state index in [1.165, 1.54) is 6.08 Å². The summed E-state index contributed by atoms with van der Waals surface area (Å²) in [5.41, 5.74) is 2.87. The largest absolute Gasteiger partial charge is 0.355 e. The van der Waals surface area contributed by atoms with Gasteiger partial charge >= 0.3 is 5.69 Å². The minimum Gasteiger partial charge on any atom is -0.350 e. The summed E-state index contributed by atoms with van der Waals surface area (Å²) < 4.78 is 1.56. The van der Waals surface area contributed by atoms with Crippen molar-refractivity contribution in [3.05, 3.63) is 93.3 Å². The first kappa shape index (κ1) is 26.9. The van der Waals surface area contributed by atoms with Crippen LogP contribution in [-0.2, 0) is 4.79 Å². The van der Waals surface area contributed by atoms with E-state index in [1.54, 1.807) is 15.5 Å². The van der Waals surface area contributed by atoms with E-state index < -0.39 is 5.69 Å². The molecule has 5 rings (SSSR count). The number of pyridine rings is 1. The molecule has 1 fully saturated rings. The molecule has 0 N–H and O–H groups in total. The lowest BCUT2D eigenvalue weighted by Crippen LogP contribution is -2.54. The van der Waals surface area contributed by atoms with Crippen LogP contribution in [0.4, 0.5) is 5.82 Å². The molecule has 2 aromatic carbocycles. The van der Waals surface area contributed by atoms with E-state index in [2.05, 4.69) is 25.4 Å². The topological polar surface area (TPSA) is 71.3 Å². The van der Waals surface area contributed by atoms with Gasteiger partial charge in [0.15, 0.2) is 5.65 Å². The monoisotopic (exact) mass is 561 g/mol. The number of rotatable bonds is 5. The molecule has 0 aliphatic carbocycles. The second-order valence-electron chi connectivity index (χ2n) is 9.97. The van der Waals surface area contributed by atoms with Gasteiger partial charge in [0.05, 0.1) is 26.8 Å². The van der Waals surface area contributed by atoms with Gasteiger partial charge in [-0.15, -0.1) is 0 Å². The van der Waals surface area contributed by atoms with E-state index in [9.17, 15) is 9.59 Å². The number of piperazine rings is 1. The zero-order valence-electron chi connectivity index (χ0n) is 22.1. The molecule has 0 spiro atoms. The van der Waals surface area contributed by atoms with E-state index >= 15 is 0 Å². The van der Waals surface area contributed by atoms with Crippen LogP contribution in [0.2, 0.25) is 10.0 Å². The Labute approximate surface area is 237 Å². The van der Waals surface area contributed by atoms with E-state index in [4.69, 9.17) is 28.2 Å². The maximum atomic E-state index is 13.8. The highest BCUT2D eigenvalue weighted by molar-refractivity contribution is 6.36. The number of benzene rings is 2. The summed E-state index contributed by atoms with van der Waals surface area (Å²) in [4.78, 5) is 39.4. The molecule has 39 heavy (non-hydrogen) atoms. The van der Waals surface area contributed by atoms with Gasteiger partial charge in [0.25, 0.3) is 0 Å².